The Hall–Kier alpha value is -2.91. The number of fused-ring (bicyclic) bond motifs is 1. The van der Waals surface area contributed by atoms with Crippen molar-refractivity contribution in [3.8, 4) is 0 Å². The van der Waals surface area contributed by atoms with E-state index in [1.807, 2.05) is 11.8 Å². The molecular formula is C57H103N4O11PS. The Morgan fingerprint density at radius 2 is 1.07 bits per heavy atom. The van der Waals surface area contributed by atoms with Gasteiger partial charge in [0, 0.05) is 49.8 Å². The molecule has 0 spiro atoms. The van der Waals surface area contributed by atoms with Gasteiger partial charge in [0.1, 0.15) is 6.61 Å². The summed E-state index contributed by atoms with van der Waals surface area (Å²) in [6.07, 6.45) is 43.8. The SMILES string of the molecule is CCCCCCCCC=CCCCCCCCC(=O)OC[C@H](COP(=O)(O)OCCNC(=O)CCCCCNC(=O)CCCC[C@@H]1SC[C@@H]2NC(=O)N[C@@H]21)OC(=O)CCCCCCCC=CCCCCCCCC. The first-order valence-corrected chi connectivity index (χ1v) is 32.1. The predicted molar refractivity (Wildman–Crippen MR) is 300 cm³/mol. The molecule has 2 saturated heterocycles. The van der Waals surface area contributed by atoms with E-state index in [1.165, 1.54) is 77.0 Å². The van der Waals surface area contributed by atoms with Crippen LogP contribution in [0.4, 0.5) is 4.79 Å². The normalized spacial score (nSPS) is 17.5. The van der Waals surface area contributed by atoms with E-state index in [4.69, 9.17) is 18.5 Å². The number of carbonyl (C=O) groups is 5. The molecule has 17 heteroatoms. The van der Waals surface area contributed by atoms with Crippen LogP contribution in [0.3, 0.4) is 0 Å². The minimum atomic E-state index is -4.60. The molecule has 15 nitrogen and oxygen atoms in total. The number of phosphoric ester groups is 1. The zero-order chi connectivity index (χ0) is 53.6. The highest BCUT2D eigenvalue weighted by Gasteiger charge is 2.42. The van der Waals surface area contributed by atoms with Crippen molar-refractivity contribution >= 4 is 49.4 Å². The molecule has 0 aromatic carbocycles. The van der Waals surface area contributed by atoms with Gasteiger partial charge >= 0.3 is 25.8 Å². The summed E-state index contributed by atoms with van der Waals surface area (Å²) in [5.41, 5.74) is 0. The topological polar surface area (TPSA) is 208 Å². The predicted octanol–water partition coefficient (Wildman–Crippen LogP) is 13.2. The number of thioether (sulfide) groups is 1. The van der Waals surface area contributed by atoms with Crippen LogP contribution in [-0.2, 0) is 42.3 Å². The molecule has 1 unspecified atom stereocenters. The minimum Gasteiger partial charge on any atom is -0.462 e. The number of amides is 4. The largest absolute Gasteiger partial charge is 0.472 e. The fourth-order valence-electron chi connectivity index (χ4n) is 9.13. The van der Waals surface area contributed by atoms with E-state index < -0.39 is 32.5 Å². The molecule has 74 heavy (non-hydrogen) atoms. The second-order valence-electron chi connectivity index (χ2n) is 20.4. The number of unbranched alkanes of at least 4 members (excludes halogenated alkanes) is 25. The average Bonchev–Trinajstić information content (AvgIpc) is 3.94. The van der Waals surface area contributed by atoms with E-state index >= 15 is 0 Å². The molecule has 4 amide bonds. The van der Waals surface area contributed by atoms with E-state index in [1.54, 1.807) is 0 Å². The van der Waals surface area contributed by atoms with Crippen LogP contribution in [0.25, 0.3) is 0 Å². The summed E-state index contributed by atoms with van der Waals surface area (Å²) in [5, 5.41) is 12.0. The molecule has 0 aliphatic carbocycles. The second-order valence-corrected chi connectivity index (χ2v) is 23.2. The summed E-state index contributed by atoms with van der Waals surface area (Å²) in [4.78, 5) is 72.1. The number of rotatable bonds is 51. The molecule has 2 heterocycles. The molecule has 5 atom stereocenters. The molecule has 0 radical (unpaired) electrons. The Morgan fingerprint density at radius 1 is 0.595 bits per heavy atom. The Morgan fingerprint density at radius 3 is 1.64 bits per heavy atom. The highest BCUT2D eigenvalue weighted by atomic mass is 32.2. The number of hydrogen-bond donors (Lipinski definition) is 5. The van der Waals surface area contributed by atoms with Gasteiger partial charge in [-0.15, -0.1) is 0 Å². The third-order valence-electron chi connectivity index (χ3n) is 13.6. The fraction of sp³-hybridized carbons (Fsp3) is 0.842. The lowest BCUT2D eigenvalue weighted by Gasteiger charge is -2.20. The zero-order valence-corrected chi connectivity index (χ0v) is 47.9. The molecule has 428 valence electrons. The highest BCUT2D eigenvalue weighted by molar-refractivity contribution is 8.00. The maximum absolute atomic E-state index is 12.9. The van der Waals surface area contributed by atoms with E-state index in [0.29, 0.717) is 37.5 Å². The van der Waals surface area contributed by atoms with Crippen LogP contribution in [0.5, 0.6) is 0 Å². The van der Waals surface area contributed by atoms with Crippen molar-refractivity contribution in [1.29, 1.82) is 0 Å². The maximum Gasteiger partial charge on any atom is 0.472 e. The number of hydrogen-bond acceptors (Lipinski definition) is 11. The molecule has 0 aromatic rings. The van der Waals surface area contributed by atoms with Gasteiger partial charge < -0.3 is 35.6 Å². The fourth-order valence-corrected chi connectivity index (χ4v) is 11.4. The third-order valence-corrected chi connectivity index (χ3v) is 16.1. The molecule has 2 aliphatic heterocycles. The van der Waals surface area contributed by atoms with Gasteiger partial charge in [-0.2, -0.15) is 11.8 Å². The lowest BCUT2D eigenvalue weighted by atomic mass is 10.0. The zero-order valence-electron chi connectivity index (χ0n) is 46.2. The van der Waals surface area contributed by atoms with Crippen molar-refractivity contribution in [3.63, 3.8) is 0 Å². The Bertz CT molecular complexity index is 1590. The van der Waals surface area contributed by atoms with Gasteiger partial charge in [0.2, 0.25) is 11.8 Å². The second kappa shape index (κ2) is 46.2. The molecule has 2 aliphatic rings. The van der Waals surface area contributed by atoms with E-state index in [0.717, 1.165) is 115 Å². The number of ether oxygens (including phenoxy) is 2. The van der Waals surface area contributed by atoms with Crippen LogP contribution in [0, 0.1) is 0 Å². The maximum atomic E-state index is 12.9. The average molecular weight is 1080 g/mol. The van der Waals surface area contributed by atoms with E-state index in [9.17, 15) is 33.4 Å². The van der Waals surface area contributed by atoms with Gasteiger partial charge in [-0.3, -0.25) is 28.2 Å². The quantitative estimate of drug-likeness (QED) is 0.0127. The Labute approximate surface area is 452 Å². The van der Waals surface area contributed by atoms with E-state index in [2.05, 4.69) is 59.4 Å². The van der Waals surface area contributed by atoms with Crippen LogP contribution >= 0.6 is 19.6 Å². The lowest BCUT2D eigenvalue weighted by Crippen LogP contribution is -2.36. The van der Waals surface area contributed by atoms with Gasteiger partial charge in [-0.1, -0.05) is 154 Å². The van der Waals surface area contributed by atoms with Gasteiger partial charge in [0.25, 0.3) is 0 Å². The van der Waals surface area contributed by atoms with Crippen LogP contribution in [0.2, 0.25) is 0 Å². The number of urea groups is 1. The van der Waals surface area contributed by atoms with Crippen molar-refractivity contribution in [1.82, 2.24) is 21.3 Å². The molecule has 2 rings (SSSR count). The van der Waals surface area contributed by atoms with Crippen LogP contribution in [0.1, 0.15) is 245 Å². The Balaban J connectivity index is 1.61. The molecule has 5 N–H and O–H groups in total. The monoisotopic (exact) mass is 1080 g/mol. The Kier molecular flexibility index (Phi) is 42.0. The smallest absolute Gasteiger partial charge is 0.462 e. The minimum absolute atomic E-state index is 0.0165. The van der Waals surface area contributed by atoms with Gasteiger partial charge in [-0.05, 0) is 89.9 Å². The first-order valence-electron chi connectivity index (χ1n) is 29.5. The molecular weight excluding hydrogens is 980 g/mol. The number of nitrogens with one attached hydrogen (secondary N) is 4. The molecule has 2 fully saturated rings. The van der Waals surface area contributed by atoms with E-state index in [-0.39, 0.29) is 69.0 Å². The third kappa shape index (κ3) is 38.6. The standard InChI is InChI=1S/C57H103N4O11PS/c1-3-5-7-9-11-13-15-17-19-21-23-25-27-29-33-41-54(64)69-46-49(72-55(65)42-34-30-28-26-24-22-20-18-16-14-12-10-8-6-4-2)47-71-73(67,68)70-45-44-59-53(63)39-32-31-37-43-58-52(62)40-36-35-38-51-56-50(48-74-51)60-57(66)61-56/h17-20,49-51,56H,3-16,21-48H2,1-2H3,(H,58,62)(H,59,63)(H,67,68)(H2,60,61,66)/t49-,50+,51+,56+/m1/s1. The summed E-state index contributed by atoms with van der Waals surface area (Å²) in [6.45, 7) is 3.89. The number of phosphoric acid groups is 1. The molecule has 0 saturated carbocycles. The first-order chi connectivity index (χ1) is 36.0. The van der Waals surface area contributed by atoms with Crippen molar-refractivity contribution < 1.29 is 52.0 Å². The first kappa shape index (κ1) is 67.2. The summed E-state index contributed by atoms with van der Waals surface area (Å²) in [6, 6.07) is 0.303. The van der Waals surface area contributed by atoms with Gasteiger partial charge in [0.15, 0.2) is 6.10 Å². The summed E-state index contributed by atoms with van der Waals surface area (Å²) >= 11 is 1.88. The summed E-state index contributed by atoms with van der Waals surface area (Å²) < 4.78 is 34.1. The molecule has 0 bridgehead atoms. The van der Waals surface area contributed by atoms with Crippen LogP contribution < -0.4 is 21.3 Å². The summed E-state index contributed by atoms with van der Waals surface area (Å²) in [5.74, 6) is -0.209. The van der Waals surface area contributed by atoms with Crippen molar-refractivity contribution in [3.05, 3.63) is 24.3 Å². The van der Waals surface area contributed by atoms with Crippen LogP contribution in [0.15, 0.2) is 24.3 Å². The highest BCUT2D eigenvalue weighted by Crippen LogP contribution is 2.43. The van der Waals surface area contributed by atoms with Crippen molar-refractivity contribution in [2.24, 2.45) is 0 Å². The number of carbonyl (C=O) groups excluding carboxylic acids is 5. The number of allylic oxidation sites excluding steroid dienone is 4. The van der Waals surface area contributed by atoms with Gasteiger partial charge in [0.05, 0.1) is 25.3 Å². The van der Waals surface area contributed by atoms with Crippen molar-refractivity contribution in [2.45, 2.75) is 268 Å². The van der Waals surface area contributed by atoms with Crippen LogP contribution in [-0.4, -0.2) is 96.8 Å². The lowest BCUT2D eigenvalue weighted by molar-refractivity contribution is -0.161. The molecule has 0 aromatic heterocycles. The number of esters is 2. The summed E-state index contributed by atoms with van der Waals surface area (Å²) in [7, 11) is -4.60. The van der Waals surface area contributed by atoms with Gasteiger partial charge in [-0.25, -0.2) is 9.36 Å². The van der Waals surface area contributed by atoms with Crippen molar-refractivity contribution in [2.75, 3.05) is 38.7 Å².